The molecule has 3 aliphatic heterocycles. The molecule has 0 aliphatic carbocycles. The van der Waals surface area contributed by atoms with Crippen molar-refractivity contribution in [1.29, 1.82) is 0 Å². The number of ether oxygens (including phenoxy) is 2. The van der Waals surface area contributed by atoms with E-state index >= 15 is 0 Å². The van der Waals surface area contributed by atoms with Gasteiger partial charge in [0, 0.05) is 37.0 Å². The predicted octanol–water partition coefficient (Wildman–Crippen LogP) is 0.955. The second kappa shape index (κ2) is 8.78. The van der Waals surface area contributed by atoms with Crippen LogP contribution in [0.4, 0.5) is 14.7 Å². The number of allylic oxidation sites excluding steroid dienone is 1. The minimum absolute atomic E-state index is 0.125. The zero-order valence-corrected chi connectivity index (χ0v) is 17.1. The maximum atomic E-state index is 13.7. The van der Waals surface area contributed by atoms with Crippen molar-refractivity contribution >= 4 is 11.7 Å². The van der Waals surface area contributed by atoms with Crippen LogP contribution in [0, 0.1) is 0 Å². The summed E-state index contributed by atoms with van der Waals surface area (Å²) >= 11 is 0. The number of morpholine rings is 2. The fourth-order valence-electron chi connectivity index (χ4n) is 3.94. The lowest BCUT2D eigenvalue weighted by atomic mass is 10.1. The van der Waals surface area contributed by atoms with Crippen molar-refractivity contribution in [1.82, 2.24) is 25.1 Å². The van der Waals surface area contributed by atoms with Crippen LogP contribution < -0.4 is 11.1 Å². The first-order valence-electron chi connectivity index (χ1n) is 10.1. The molecule has 9 nitrogen and oxygen atoms in total. The standard InChI is InChI=1S/C19H27F2N7O2/c1-11-9-29-5-3-27(11)15-7-14(13-8-23-18(22)26-16(13)17(20)21)24-19(25-15)28-4-6-30-10-12(28)2/h7-8,11-12,17,19,25H,3-6,9-10H2,1-2H3,(H2,22,23,26)/t11-,12-,19?/m0/s1. The zero-order valence-electron chi connectivity index (χ0n) is 17.1. The largest absolute Gasteiger partial charge is 0.379 e. The van der Waals surface area contributed by atoms with E-state index < -0.39 is 18.4 Å². The van der Waals surface area contributed by atoms with E-state index in [4.69, 9.17) is 20.2 Å². The Balaban J connectivity index is 1.75. The zero-order chi connectivity index (χ0) is 21.3. The van der Waals surface area contributed by atoms with Gasteiger partial charge >= 0.3 is 0 Å². The van der Waals surface area contributed by atoms with Gasteiger partial charge in [-0.25, -0.2) is 23.7 Å². The first-order valence-corrected chi connectivity index (χ1v) is 10.1. The molecule has 3 aliphatic rings. The summed E-state index contributed by atoms with van der Waals surface area (Å²) in [5.41, 5.74) is 5.73. The fourth-order valence-corrected chi connectivity index (χ4v) is 3.94. The van der Waals surface area contributed by atoms with Gasteiger partial charge in [0.2, 0.25) is 5.95 Å². The molecule has 0 amide bonds. The van der Waals surface area contributed by atoms with Crippen LogP contribution >= 0.6 is 0 Å². The van der Waals surface area contributed by atoms with E-state index in [9.17, 15) is 8.78 Å². The summed E-state index contributed by atoms with van der Waals surface area (Å²) in [6.07, 6.45) is -0.102. The van der Waals surface area contributed by atoms with Gasteiger partial charge < -0.3 is 25.4 Å². The van der Waals surface area contributed by atoms with Gasteiger partial charge in [0.1, 0.15) is 11.5 Å². The SMILES string of the molecule is C[C@H]1COCCN1C1=CC(c2cnc(N)nc2C(F)F)=NC(N2CCOC[C@@H]2C)N1. The second-order valence-electron chi connectivity index (χ2n) is 7.67. The molecule has 1 aromatic heterocycles. The second-order valence-corrected chi connectivity index (χ2v) is 7.67. The van der Waals surface area contributed by atoms with Crippen LogP contribution in [-0.4, -0.2) is 83.4 Å². The Kier molecular flexibility index (Phi) is 6.11. The summed E-state index contributed by atoms with van der Waals surface area (Å²) in [6.45, 7) is 7.87. The topological polar surface area (TPSA) is 101 Å². The minimum Gasteiger partial charge on any atom is -0.379 e. The number of nitrogens with two attached hydrogens (primary N) is 1. The van der Waals surface area contributed by atoms with Crippen molar-refractivity contribution in [2.75, 3.05) is 45.3 Å². The molecule has 11 heteroatoms. The smallest absolute Gasteiger partial charge is 0.281 e. The van der Waals surface area contributed by atoms with Gasteiger partial charge in [0.25, 0.3) is 6.43 Å². The van der Waals surface area contributed by atoms with Crippen LogP contribution in [0.15, 0.2) is 23.1 Å². The molecule has 0 saturated carbocycles. The highest BCUT2D eigenvalue weighted by Gasteiger charge is 2.33. The van der Waals surface area contributed by atoms with E-state index in [0.29, 0.717) is 45.2 Å². The van der Waals surface area contributed by atoms with E-state index in [-0.39, 0.29) is 23.6 Å². The van der Waals surface area contributed by atoms with Gasteiger partial charge in [0.05, 0.1) is 38.2 Å². The van der Waals surface area contributed by atoms with E-state index in [1.807, 2.05) is 0 Å². The number of alkyl halides is 2. The number of halogens is 2. The molecule has 3 N–H and O–H groups in total. The van der Waals surface area contributed by atoms with Gasteiger partial charge in [-0.05, 0) is 13.8 Å². The average Bonchev–Trinajstić information content (AvgIpc) is 2.74. The van der Waals surface area contributed by atoms with E-state index in [2.05, 4.69) is 38.9 Å². The lowest BCUT2D eigenvalue weighted by Gasteiger charge is -2.43. The van der Waals surface area contributed by atoms with Crippen molar-refractivity contribution in [2.45, 2.75) is 38.6 Å². The van der Waals surface area contributed by atoms with Crippen molar-refractivity contribution in [3.05, 3.63) is 29.4 Å². The van der Waals surface area contributed by atoms with Crippen molar-refractivity contribution in [3.8, 4) is 0 Å². The van der Waals surface area contributed by atoms with Crippen LogP contribution in [0.5, 0.6) is 0 Å². The summed E-state index contributed by atoms with van der Waals surface area (Å²) in [7, 11) is 0. The molecule has 3 atom stereocenters. The number of hydrogen-bond acceptors (Lipinski definition) is 9. The van der Waals surface area contributed by atoms with Crippen LogP contribution in [0.3, 0.4) is 0 Å². The number of aliphatic imine (C=N–C) groups is 1. The van der Waals surface area contributed by atoms with Gasteiger partial charge in [0.15, 0.2) is 6.29 Å². The molecule has 164 valence electrons. The number of anilines is 1. The maximum absolute atomic E-state index is 13.7. The molecule has 0 aromatic carbocycles. The molecule has 1 aromatic rings. The maximum Gasteiger partial charge on any atom is 0.281 e. The molecule has 0 bridgehead atoms. The highest BCUT2D eigenvalue weighted by Crippen LogP contribution is 2.26. The van der Waals surface area contributed by atoms with Gasteiger partial charge in [-0.3, -0.25) is 4.90 Å². The van der Waals surface area contributed by atoms with Crippen LogP contribution in [-0.2, 0) is 9.47 Å². The molecule has 30 heavy (non-hydrogen) atoms. The average molecular weight is 423 g/mol. The summed E-state index contributed by atoms with van der Waals surface area (Å²) in [6, 6.07) is 0.261. The van der Waals surface area contributed by atoms with Crippen LogP contribution in [0.25, 0.3) is 0 Å². The number of nitrogens with one attached hydrogen (secondary N) is 1. The van der Waals surface area contributed by atoms with Crippen LogP contribution in [0.2, 0.25) is 0 Å². The normalized spacial score (nSPS) is 28.2. The van der Waals surface area contributed by atoms with E-state index in [1.165, 1.54) is 6.20 Å². The lowest BCUT2D eigenvalue weighted by Crippen LogP contribution is -2.58. The number of aromatic nitrogens is 2. The predicted molar refractivity (Wildman–Crippen MR) is 107 cm³/mol. The van der Waals surface area contributed by atoms with Crippen molar-refractivity contribution in [2.24, 2.45) is 4.99 Å². The van der Waals surface area contributed by atoms with Gasteiger partial charge in [-0.1, -0.05) is 0 Å². The van der Waals surface area contributed by atoms with Crippen LogP contribution in [0.1, 0.15) is 31.5 Å². The number of hydrogen-bond donors (Lipinski definition) is 2. The molecule has 0 radical (unpaired) electrons. The summed E-state index contributed by atoms with van der Waals surface area (Å²) in [4.78, 5) is 16.8. The lowest BCUT2D eigenvalue weighted by molar-refractivity contribution is -0.0318. The van der Waals surface area contributed by atoms with E-state index in [1.54, 1.807) is 6.08 Å². The Bertz CT molecular complexity index is 835. The quantitative estimate of drug-likeness (QED) is 0.739. The third-order valence-electron chi connectivity index (χ3n) is 5.54. The Labute approximate surface area is 174 Å². The molecule has 4 rings (SSSR count). The highest BCUT2D eigenvalue weighted by atomic mass is 19.3. The number of nitrogen functional groups attached to an aromatic ring is 1. The van der Waals surface area contributed by atoms with E-state index in [0.717, 1.165) is 5.82 Å². The number of nitrogens with zero attached hydrogens (tertiary/aromatic N) is 5. The Morgan fingerprint density at radius 1 is 1.17 bits per heavy atom. The summed E-state index contributed by atoms with van der Waals surface area (Å²) in [5, 5.41) is 3.47. The molecule has 0 spiro atoms. The van der Waals surface area contributed by atoms with Gasteiger partial charge in [-0.2, -0.15) is 0 Å². The van der Waals surface area contributed by atoms with Crippen molar-refractivity contribution in [3.63, 3.8) is 0 Å². The molecule has 1 unspecified atom stereocenters. The van der Waals surface area contributed by atoms with Crippen molar-refractivity contribution < 1.29 is 18.3 Å². The summed E-state index contributed by atoms with van der Waals surface area (Å²) < 4.78 is 38.5. The molecule has 4 heterocycles. The van der Waals surface area contributed by atoms with Gasteiger partial charge in [-0.15, -0.1) is 0 Å². The fraction of sp³-hybridized carbons (Fsp3) is 0.632. The third-order valence-corrected chi connectivity index (χ3v) is 5.54. The minimum atomic E-state index is -2.79. The molecule has 2 saturated heterocycles. The highest BCUT2D eigenvalue weighted by molar-refractivity contribution is 6.10. The number of rotatable bonds is 4. The first kappa shape index (κ1) is 20.9. The summed E-state index contributed by atoms with van der Waals surface area (Å²) in [5.74, 6) is 0.629. The molecule has 2 fully saturated rings. The molecular formula is C19H27F2N7O2. The Morgan fingerprint density at radius 2 is 1.90 bits per heavy atom. The molecular weight excluding hydrogens is 396 g/mol. The monoisotopic (exact) mass is 423 g/mol. The Morgan fingerprint density at radius 3 is 2.60 bits per heavy atom. The first-order chi connectivity index (χ1) is 14.4. The third kappa shape index (κ3) is 4.23. The Hall–Kier alpha value is -2.37.